The zero-order valence-electron chi connectivity index (χ0n) is 12.1. The van der Waals surface area contributed by atoms with Gasteiger partial charge in [0.25, 0.3) is 5.56 Å². The molecule has 0 amide bonds. The number of anilines is 1. The third kappa shape index (κ3) is 2.18. The summed E-state index contributed by atoms with van der Waals surface area (Å²) >= 11 is 0. The van der Waals surface area contributed by atoms with Gasteiger partial charge in [0.15, 0.2) is 23.0 Å². The lowest BCUT2D eigenvalue weighted by Crippen LogP contribution is -2.45. The van der Waals surface area contributed by atoms with Gasteiger partial charge in [-0.1, -0.05) is 5.92 Å². The van der Waals surface area contributed by atoms with E-state index in [-0.39, 0.29) is 17.1 Å². The Bertz CT molecular complexity index is 865. The monoisotopic (exact) mass is 321 g/mol. The number of hydrogen-bond donors (Lipinski definition) is 5. The molecule has 1 fully saturated rings. The van der Waals surface area contributed by atoms with Crippen molar-refractivity contribution in [2.24, 2.45) is 0 Å². The Morgan fingerprint density at radius 1 is 1.57 bits per heavy atom. The number of nitrogen functional groups attached to an aromatic ring is 1. The van der Waals surface area contributed by atoms with Gasteiger partial charge in [-0.2, -0.15) is 4.98 Å². The molecule has 2 unspecified atom stereocenters. The number of rotatable bonds is 2. The molecule has 3 heterocycles. The number of aliphatic hydroxyl groups excluding tert-OH is 3. The van der Waals surface area contributed by atoms with E-state index >= 15 is 0 Å². The second kappa shape index (κ2) is 5.32. The molecule has 1 saturated heterocycles. The van der Waals surface area contributed by atoms with E-state index in [1.807, 2.05) is 0 Å². The van der Waals surface area contributed by atoms with Gasteiger partial charge < -0.3 is 25.8 Å². The quantitative estimate of drug-likeness (QED) is 0.386. The van der Waals surface area contributed by atoms with Gasteiger partial charge in [0.2, 0.25) is 5.95 Å². The Kier molecular flexibility index (Phi) is 3.57. The molecule has 1 aliphatic heterocycles. The summed E-state index contributed by atoms with van der Waals surface area (Å²) in [5.74, 6) is 5.00. The van der Waals surface area contributed by atoms with Crippen LogP contribution in [0.1, 0.15) is 13.2 Å². The third-order valence-electron chi connectivity index (χ3n) is 3.72. The molecule has 10 heteroatoms. The van der Waals surface area contributed by atoms with Gasteiger partial charge >= 0.3 is 0 Å². The summed E-state index contributed by atoms with van der Waals surface area (Å²) in [6, 6.07) is 0. The fraction of sp³-hybridized carbons (Fsp3) is 0.462. The highest BCUT2D eigenvalue weighted by atomic mass is 16.6. The molecule has 6 N–H and O–H groups in total. The number of H-pyrrole nitrogens is 1. The number of nitrogens with two attached hydrogens (primary N) is 1. The van der Waals surface area contributed by atoms with Crippen LogP contribution in [0.4, 0.5) is 5.95 Å². The minimum absolute atomic E-state index is 0.00700. The number of nitrogens with zero attached hydrogens (tertiary/aromatic N) is 3. The first-order valence-corrected chi connectivity index (χ1v) is 6.74. The molecule has 10 nitrogen and oxygen atoms in total. The van der Waals surface area contributed by atoms with Crippen LogP contribution in [0.2, 0.25) is 0 Å². The molecule has 0 aromatic carbocycles. The molecule has 3 rings (SSSR count). The van der Waals surface area contributed by atoms with Crippen LogP contribution in [0.15, 0.2) is 11.1 Å². The Hall–Kier alpha value is -2.45. The van der Waals surface area contributed by atoms with Gasteiger partial charge in [-0.05, 0) is 6.92 Å². The number of fused-ring (bicyclic) bond motifs is 1. The van der Waals surface area contributed by atoms with Crippen molar-refractivity contribution in [1.29, 1.82) is 0 Å². The van der Waals surface area contributed by atoms with E-state index < -0.39 is 36.2 Å². The van der Waals surface area contributed by atoms with Gasteiger partial charge in [0, 0.05) is 0 Å². The highest BCUT2D eigenvalue weighted by Crippen LogP contribution is 2.37. The van der Waals surface area contributed by atoms with Crippen molar-refractivity contribution in [3.05, 3.63) is 16.7 Å². The number of ether oxygens (including phenoxy) is 1. The summed E-state index contributed by atoms with van der Waals surface area (Å²) < 4.78 is 6.87. The summed E-state index contributed by atoms with van der Waals surface area (Å²) in [6.45, 7) is 0.896. The fourth-order valence-corrected chi connectivity index (χ4v) is 2.62. The highest BCUT2D eigenvalue weighted by Gasteiger charge is 2.54. The predicted octanol–water partition coefficient (Wildman–Crippen LogP) is -2.29. The van der Waals surface area contributed by atoms with Crippen LogP contribution < -0.4 is 11.3 Å². The van der Waals surface area contributed by atoms with E-state index in [2.05, 4.69) is 26.8 Å². The number of aliphatic hydroxyl groups is 3. The lowest BCUT2D eigenvalue weighted by atomic mass is 9.97. The average molecular weight is 321 g/mol. The SMILES string of the molecule is CC#C[C@]1(CO)O[C@@H](n2cnc3c(=O)[nH]c(N)nc32)C(O)C1O. The van der Waals surface area contributed by atoms with Crippen LogP contribution in [0.25, 0.3) is 11.2 Å². The molecule has 0 spiro atoms. The van der Waals surface area contributed by atoms with Crippen LogP contribution in [0.3, 0.4) is 0 Å². The molecular weight excluding hydrogens is 306 g/mol. The molecule has 0 saturated carbocycles. The second-order valence-electron chi connectivity index (χ2n) is 5.14. The largest absolute Gasteiger partial charge is 0.392 e. The van der Waals surface area contributed by atoms with Crippen LogP contribution in [0, 0.1) is 11.8 Å². The zero-order valence-corrected chi connectivity index (χ0v) is 12.1. The van der Waals surface area contributed by atoms with Crippen LogP contribution in [0.5, 0.6) is 0 Å². The van der Waals surface area contributed by atoms with Crippen molar-refractivity contribution in [3.8, 4) is 11.8 Å². The first-order valence-electron chi connectivity index (χ1n) is 6.74. The Balaban J connectivity index is 2.12. The minimum Gasteiger partial charge on any atom is -0.392 e. The number of aromatic nitrogens is 4. The Labute approximate surface area is 129 Å². The van der Waals surface area contributed by atoms with E-state index in [0.29, 0.717) is 0 Å². The topological polar surface area (TPSA) is 160 Å². The van der Waals surface area contributed by atoms with E-state index in [0.717, 1.165) is 0 Å². The van der Waals surface area contributed by atoms with Gasteiger partial charge in [-0.25, -0.2) is 4.98 Å². The maximum absolute atomic E-state index is 11.8. The maximum atomic E-state index is 11.8. The van der Waals surface area contributed by atoms with Crippen molar-refractivity contribution < 1.29 is 20.1 Å². The smallest absolute Gasteiger partial charge is 0.280 e. The van der Waals surface area contributed by atoms with Crippen molar-refractivity contribution in [3.63, 3.8) is 0 Å². The summed E-state index contributed by atoms with van der Waals surface area (Å²) in [5.41, 5.74) is 3.43. The van der Waals surface area contributed by atoms with Gasteiger partial charge in [-0.15, -0.1) is 5.92 Å². The normalized spacial score (nSPS) is 30.3. The molecule has 2 aromatic rings. The zero-order chi connectivity index (χ0) is 16.8. The number of hydrogen-bond acceptors (Lipinski definition) is 8. The molecule has 0 aliphatic carbocycles. The average Bonchev–Trinajstić information content (AvgIpc) is 3.03. The highest BCUT2D eigenvalue weighted by molar-refractivity contribution is 5.70. The van der Waals surface area contributed by atoms with Crippen molar-refractivity contribution >= 4 is 17.1 Å². The maximum Gasteiger partial charge on any atom is 0.280 e. The summed E-state index contributed by atoms with van der Waals surface area (Å²) in [5, 5.41) is 30.0. The fourth-order valence-electron chi connectivity index (χ4n) is 2.62. The lowest BCUT2D eigenvalue weighted by Gasteiger charge is -2.23. The molecule has 0 bridgehead atoms. The molecule has 23 heavy (non-hydrogen) atoms. The van der Waals surface area contributed by atoms with Gasteiger partial charge in [-0.3, -0.25) is 14.3 Å². The third-order valence-corrected chi connectivity index (χ3v) is 3.72. The second-order valence-corrected chi connectivity index (χ2v) is 5.14. The van der Waals surface area contributed by atoms with E-state index in [1.165, 1.54) is 17.8 Å². The summed E-state index contributed by atoms with van der Waals surface area (Å²) in [7, 11) is 0. The standard InChI is InChI=1S/C13H15N5O5/c1-2-3-13(4-19)8(21)7(20)11(23-13)18-5-15-6-9(18)16-12(14)17-10(6)22/h5,7-8,11,19-21H,4H2,1H3,(H3,14,16,17,22)/t7?,8?,11-,13-/m1/s1. The lowest BCUT2D eigenvalue weighted by molar-refractivity contribution is -0.0912. The van der Waals surface area contributed by atoms with Gasteiger partial charge in [0.1, 0.15) is 12.2 Å². The molecular formula is C13H15N5O5. The minimum atomic E-state index is -1.64. The van der Waals surface area contributed by atoms with Crippen LogP contribution in [-0.2, 0) is 4.74 Å². The summed E-state index contributed by atoms with van der Waals surface area (Å²) in [4.78, 5) is 22.0. The summed E-state index contributed by atoms with van der Waals surface area (Å²) in [6.07, 6.45) is -2.78. The molecule has 1 aliphatic rings. The number of aromatic amines is 1. The van der Waals surface area contributed by atoms with Crippen LogP contribution in [-0.4, -0.2) is 59.3 Å². The van der Waals surface area contributed by atoms with Crippen LogP contribution >= 0.6 is 0 Å². The van der Waals surface area contributed by atoms with Crippen molar-refractivity contribution in [2.75, 3.05) is 12.3 Å². The van der Waals surface area contributed by atoms with Crippen molar-refractivity contribution in [2.45, 2.75) is 31.0 Å². The van der Waals surface area contributed by atoms with E-state index in [1.54, 1.807) is 0 Å². The van der Waals surface area contributed by atoms with E-state index in [9.17, 15) is 20.1 Å². The Morgan fingerprint density at radius 2 is 2.30 bits per heavy atom. The number of imidazole rings is 1. The first-order chi connectivity index (χ1) is 10.9. The van der Waals surface area contributed by atoms with Crippen molar-refractivity contribution in [1.82, 2.24) is 19.5 Å². The molecule has 0 radical (unpaired) electrons. The van der Waals surface area contributed by atoms with E-state index in [4.69, 9.17) is 10.5 Å². The Morgan fingerprint density at radius 3 is 2.96 bits per heavy atom. The first kappa shape index (κ1) is 15.4. The van der Waals surface area contributed by atoms with Gasteiger partial charge in [0.05, 0.1) is 12.9 Å². The number of nitrogens with one attached hydrogen (secondary N) is 1. The molecule has 4 atom stereocenters. The molecule has 2 aromatic heterocycles. The molecule has 122 valence electrons. The predicted molar refractivity (Wildman–Crippen MR) is 78.0 cm³/mol.